The molecule has 0 bridgehead atoms. The second-order valence-electron chi connectivity index (χ2n) is 5.21. The number of guanidine groups is 1. The van der Waals surface area contributed by atoms with Crippen molar-refractivity contribution in [1.82, 2.24) is 15.6 Å². The van der Waals surface area contributed by atoms with Gasteiger partial charge in [0.15, 0.2) is 11.7 Å². The van der Waals surface area contributed by atoms with Crippen LogP contribution in [-0.4, -0.2) is 25.1 Å². The predicted molar refractivity (Wildman–Crippen MR) is 91.9 cm³/mol. The number of aliphatic imine (C=N–C) groups is 1. The van der Waals surface area contributed by atoms with Crippen molar-refractivity contribution in [3.63, 3.8) is 0 Å². The number of aromatic nitrogens is 1. The van der Waals surface area contributed by atoms with E-state index in [4.69, 9.17) is 4.74 Å². The molecule has 0 saturated carbocycles. The van der Waals surface area contributed by atoms with Gasteiger partial charge in [-0.15, -0.1) is 11.3 Å². The summed E-state index contributed by atoms with van der Waals surface area (Å²) in [5.41, 5.74) is 1.19. The summed E-state index contributed by atoms with van der Waals surface area (Å²) in [6.07, 6.45) is -4.42. The molecule has 0 aliphatic rings. The van der Waals surface area contributed by atoms with E-state index in [0.717, 1.165) is 33.6 Å². The average Bonchev–Trinajstić information content (AvgIpc) is 3.04. The lowest BCUT2D eigenvalue weighted by Gasteiger charge is -2.12. The maximum Gasteiger partial charge on any atom is 0.434 e. The van der Waals surface area contributed by atoms with E-state index in [0.29, 0.717) is 17.5 Å². The van der Waals surface area contributed by atoms with E-state index in [-0.39, 0.29) is 6.54 Å². The molecule has 2 N–H and O–H groups in total. The van der Waals surface area contributed by atoms with Crippen LogP contribution in [0.4, 0.5) is 13.2 Å². The minimum absolute atomic E-state index is 0.169. The summed E-state index contributed by atoms with van der Waals surface area (Å²) in [5, 5.41) is 7.41. The van der Waals surface area contributed by atoms with Crippen molar-refractivity contribution in [3.8, 4) is 5.75 Å². The van der Waals surface area contributed by atoms with Gasteiger partial charge in [0.25, 0.3) is 0 Å². The van der Waals surface area contributed by atoms with Gasteiger partial charge in [-0.25, -0.2) is 4.98 Å². The highest BCUT2D eigenvalue weighted by atomic mass is 32.1. The predicted octanol–water partition coefficient (Wildman–Crippen LogP) is 3.34. The lowest BCUT2D eigenvalue weighted by molar-refractivity contribution is -0.140. The molecule has 0 spiro atoms. The molecule has 0 unspecified atom stereocenters. The topological polar surface area (TPSA) is 58.5 Å². The van der Waals surface area contributed by atoms with Crippen molar-refractivity contribution < 1.29 is 17.9 Å². The van der Waals surface area contributed by atoms with Crippen LogP contribution >= 0.6 is 11.3 Å². The fraction of sp³-hybridized carbons (Fsp3) is 0.375. The SMILES string of the molecule is CN=C(NCc1ccc(OC)c(C)c1)NCc1nc(C(F)(F)F)cs1. The molecule has 0 amide bonds. The number of aryl methyl sites for hydroxylation is 1. The Bertz CT molecular complexity index is 743. The number of alkyl halides is 3. The number of hydrogen-bond donors (Lipinski definition) is 2. The van der Waals surface area contributed by atoms with Crippen molar-refractivity contribution in [2.24, 2.45) is 4.99 Å². The summed E-state index contributed by atoms with van der Waals surface area (Å²) in [5.74, 6) is 1.30. The van der Waals surface area contributed by atoms with Crippen LogP contribution in [0.15, 0.2) is 28.6 Å². The number of hydrogen-bond acceptors (Lipinski definition) is 4. The third-order valence-corrected chi connectivity index (χ3v) is 4.24. The van der Waals surface area contributed by atoms with Crippen LogP contribution in [0.2, 0.25) is 0 Å². The number of nitrogens with one attached hydrogen (secondary N) is 2. The summed E-state index contributed by atoms with van der Waals surface area (Å²) in [6, 6.07) is 5.81. The molecular formula is C16H19F3N4OS. The first-order valence-electron chi connectivity index (χ1n) is 7.43. The van der Waals surface area contributed by atoms with Gasteiger partial charge in [-0.3, -0.25) is 4.99 Å². The number of benzene rings is 1. The van der Waals surface area contributed by atoms with Gasteiger partial charge in [0.05, 0.1) is 13.7 Å². The highest BCUT2D eigenvalue weighted by Gasteiger charge is 2.33. The Morgan fingerprint density at radius 2 is 2.00 bits per heavy atom. The first kappa shape index (κ1) is 19.0. The molecule has 1 aromatic carbocycles. The highest BCUT2D eigenvalue weighted by Crippen LogP contribution is 2.29. The van der Waals surface area contributed by atoms with Gasteiger partial charge in [0.2, 0.25) is 0 Å². The van der Waals surface area contributed by atoms with Crippen LogP contribution < -0.4 is 15.4 Å². The molecule has 136 valence electrons. The number of nitrogens with zero attached hydrogens (tertiary/aromatic N) is 2. The van der Waals surface area contributed by atoms with Gasteiger partial charge in [0.1, 0.15) is 10.8 Å². The second kappa shape index (κ2) is 8.19. The van der Waals surface area contributed by atoms with Crippen molar-refractivity contribution >= 4 is 17.3 Å². The lowest BCUT2D eigenvalue weighted by atomic mass is 10.1. The summed E-state index contributed by atoms with van der Waals surface area (Å²) in [7, 11) is 3.21. The lowest BCUT2D eigenvalue weighted by Crippen LogP contribution is -2.36. The van der Waals surface area contributed by atoms with Gasteiger partial charge in [0, 0.05) is 19.0 Å². The third-order valence-electron chi connectivity index (χ3n) is 3.39. The number of methoxy groups -OCH3 is 1. The fourth-order valence-electron chi connectivity index (χ4n) is 2.14. The van der Waals surface area contributed by atoms with Crippen LogP contribution in [0, 0.1) is 6.92 Å². The molecule has 0 aliphatic carbocycles. The monoisotopic (exact) mass is 372 g/mol. The van der Waals surface area contributed by atoms with Crippen LogP contribution in [0.25, 0.3) is 0 Å². The zero-order chi connectivity index (χ0) is 18.4. The Balaban J connectivity index is 1.89. The van der Waals surface area contributed by atoms with Crippen LogP contribution in [0.5, 0.6) is 5.75 Å². The first-order valence-corrected chi connectivity index (χ1v) is 8.31. The van der Waals surface area contributed by atoms with Crippen LogP contribution in [0.3, 0.4) is 0 Å². The molecule has 0 radical (unpaired) electrons. The van der Waals surface area contributed by atoms with E-state index in [2.05, 4.69) is 20.6 Å². The van der Waals surface area contributed by atoms with Crippen molar-refractivity contribution in [2.45, 2.75) is 26.2 Å². The van der Waals surface area contributed by atoms with Crippen molar-refractivity contribution in [1.29, 1.82) is 0 Å². The quantitative estimate of drug-likeness (QED) is 0.624. The molecule has 2 aromatic rings. The van der Waals surface area contributed by atoms with Crippen molar-refractivity contribution in [2.75, 3.05) is 14.2 Å². The summed E-state index contributed by atoms with van der Waals surface area (Å²) in [4.78, 5) is 7.63. The highest BCUT2D eigenvalue weighted by molar-refractivity contribution is 7.09. The standard InChI is InChI=1S/C16H19F3N4OS/c1-10-6-11(4-5-12(10)24-3)7-21-15(20-2)22-8-14-23-13(9-25-14)16(17,18)19/h4-6,9H,7-8H2,1-3H3,(H2,20,21,22). The number of halogens is 3. The number of rotatable bonds is 5. The van der Waals surface area contributed by atoms with E-state index in [1.54, 1.807) is 14.2 Å². The smallest absolute Gasteiger partial charge is 0.434 e. The van der Waals surface area contributed by atoms with Gasteiger partial charge in [-0.1, -0.05) is 12.1 Å². The molecule has 9 heteroatoms. The first-order chi connectivity index (χ1) is 11.8. The Labute approximate surface area is 148 Å². The third kappa shape index (κ3) is 5.35. The molecule has 1 heterocycles. The number of ether oxygens (including phenoxy) is 1. The molecule has 2 rings (SSSR count). The Morgan fingerprint density at radius 3 is 2.56 bits per heavy atom. The van der Waals surface area contributed by atoms with Gasteiger partial charge < -0.3 is 15.4 Å². The maximum atomic E-state index is 12.5. The molecule has 1 aromatic heterocycles. The Kier molecular flexibility index (Phi) is 6.24. The second-order valence-corrected chi connectivity index (χ2v) is 6.15. The summed E-state index contributed by atoms with van der Waals surface area (Å²) < 4.78 is 42.8. The fourth-order valence-corrected chi connectivity index (χ4v) is 2.88. The number of thiazole rings is 1. The molecule has 5 nitrogen and oxygen atoms in total. The van der Waals surface area contributed by atoms with E-state index in [9.17, 15) is 13.2 Å². The summed E-state index contributed by atoms with van der Waals surface area (Å²) >= 11 is 0.959. The maximum absolute atomic E-state index is 12.5. The molecule has 0 atom stereocenters. The van der Waals surface area contributed by atoms with Crippen LogP contribution in [0.1, 0.15) is 21.8 Å². The van der Waals surface area contributed by atoms with E-state index in [1.165, 1.54) is 0 Å². The Morgan fingerprint density at radius 1 is 1.28 bits per heavy atom. The van der Waals surface area contributed by atoms with Crippen LogP contribution in [-0.2, 0) is 19.3 Å². The zero-order valence-corrected chi connectivity index (χ0v) is 14.9. The zero-order valence-electron chi connectivity index (χ0n) is 14.1. The van der Waals surface area contributed by atoms with E-state index < -0.39 is 11.9 Å². The minimum Gasteiger partial charge on any atom is -0.496 e. The normalized spacial score (nSPS) is 12.2. The van der Waals surface area contributed by atoms with E-state index in [1.807, 2.05) is 25.1 Å². The molecule has 0 fully saturated rings. The molecule has 25 heavy (non-hydrogen) atoms. The van der Waals surface area contributed by atoms with E-state index >= 15 is 0 Å². The minimum atomic E-state index is -4.42. The molecular weight excluding hydrogens is 353 g/mol. The van der Waals surface area contributed by atoms with Gasteiger partial charge in [-0.05, 0) is 24.1 Å². The average molecular weight is 372 g/mol. The van der Waals surface area contributed by atoms with Crippen molar-refractivity contribution in [3.05, 3.63) is 45.4 Å². The largest absolute Gasteiger partial charge is 0.496 e. The Hall–Kier alpha value is -2.29. The summed E-state index contributed by atoms with van der Waals surface area (Å²) in [6.45, 7) is 2.65. The molecule has 0 aliphatic heterocycles. The molecule has 0 saturated heterocycles. The van der Waals surface area contributed by atoms with Gasteiger partial charge in [-0.2, -0.15) is 13.2 Å². The van der Waals surface area contributed by atoms with Gasteiger partial charge >= 0.3 is 6.18 Å².